The summed E-state index contributed by atoms with van der Waals surface area (Å²) in [4.78, 5) is 6.81. The molecule has 0 radical (unpaired) electrons. The second kappa shape index (κ2) is 9.20. The summed E-state index contributed by atoms with van der Waals surface area (Å²) in [5, 5.41) is 6.79. The Bertz CT molecular complexity index is 565. The molecule has 2 rings (SSSR count). The predicted octanol–water partition coefficient (Wildman–Crippen LogP) is 2.27. The third kappa shape index (κ3) is 6.01. The first-order valence-corrected chi connectivity index (χ1v) is 9.20. The third-order valence-electron chi connectivity index (χ3n) is 4.86. The van der Waals surface area contributed by atoms with Crippen LogP contribution in [0.2, 0.25) is 0 Å². The van der Waals surface area contributed by atoms with Crippen molar-refractivity contribution in [3.63, 3.8) is 0 Å². The monoisotopic (exact) mass is 346 g/mol. The minimum absolute atomic E-state index is 0.0990. The molecule has 0 amide bonds. The SMILES string of the molecule is CN=C(NCCN1CCc2ccccc2C1)NCC(OC)C(C)(C)C. The zero-order valence-electron chi connectivity index (χ0n) is 16.4. The number of benzene rings is 1. The molecule has 0 bridgehead atoms. The second-order valence-electron chi connectivity index (χ2n) is 7.77. The first-order chi connectivity index (χ1) is 11.9. The Balaban J connectivity index is 1.73. The summed E-state index contributed by atoms with van der Waals surface area (Å²) >= 11 is 0. The maximum atomic E-state index is 5.59. The van der Waals surface area contributed by atoms with Gasteiger partial charge in [0.25, 0.3) is 0 Å². The fourth-order valence-electron chi connectivity index (χ4n) is 3.23. The highest BCUT2D eigenvalue weighted by molar-refractivity contribution is 5.79. The van der Waals surface area contributed by atoms with Gasteiger partial charge in [-0.3, -0.25) is 9.89 Å². The molecule has 5 heteroatoms. The van der Waals surface area contributed by atoms with Crippen LogP contribution in [0.25, 0.3) is 0 Å². The number of aliphatic imine (C=N–C) groups is 1. The number of ether oxygens (including phenoxy) is 1. The fraction of sp³-hybridized carbons (Fsp3) is 0.650. The average Bonchev–Trinajstić information content (AvgIpc) is 2.59. The molecule has 0 fully saturated rings. The van der Waals surface area contributed by atoms with Gasteiger partial charge in [0.1, 0.15) is 0 Å². The van der Waals surface area contributed by atoms with Gasteiger partial charge in [0.15, 0.2) is 5.96 Å². The van der Waals surface area contributed by atoms with Gasteiger partial charge >= 0.3 is 0 Å². The quantitative estimate of drug-likeness (QED) is 0.613. The van der Waals surface area contributed by atoms with Crippen molar-refractivity contribution >= 4 is 5.96 Å². The van der Waals surface area contributed by atoms with E-state index < -0.39 is 0 Å². The number of nitrogens with one attached hydrogen (secondary N) is 2. The average molecular weight is 347 g/mol. The van der Waals surface area contributed by atoms with Gasteiger partial charge in [0, 0.05) is 46.9 Å². The second-order valence-corrected chi connectivity index (χ2v) is 7.77. The van der Waals surface area contributed by atoms with Crippen molar-refractivity contribution in [2.45, 2.75) is 39.8 Å². The lowest BCUT2D eigenvalue weighted by Gasteiger charge is -2.30. The summed E-state index contributed by atoms with van der Waals surface area (Å²) in [6.45, 7) is 11.4. The van der Waals surface area contributed by atoms with Gasteiger partial charge in [-0.15, -0.1) is 0 Å². The van der Waals surface area contributed by atoms with E-state index in [1.54, 1.807) is 7.11 Å². The van der Waals surface area contributed by atoms with Crippen LogP contribution < -0.4 is 10.6 Å². The maximum absolute atomic E-state index is 5.59. The maximum Gasteiger partial charge on any atom is 0.191 e. The van der Waals surface area contributed by atoms with E-state index in [2.05, 4.69) is 65.6 Å². The van der Waals surface area contributed by atoms with Crippen LogP contribution >= 0.6 is 0 Å². The van der Waals surface area contributed by atoms with E-state index in [-0.39, 0.29) is 11.5 Å². The number of hydrogen-bond donors (Lipinski definition) is 2. The Morgan fingerprint density at radius 3 is 2.60 bits per heavy atom. The molecular weight excluding hydrogens is 312 g/mol. The minimum atomic E-state index is 0.0990. The Hall–Kier alpha value is -1.59. The summed E-state index contributed by atoms with van der Waals surface area (Å²) in [6.07, 6.45) is 1.29. The van der Waals surface area contributed by atoms with E-state index >= 15 is 0 Å². The van der Waals surface area contributed by atoms with Gasteiger partial charge in [0.05, 0.1) is 6.10 Å². The van der Waals surface area contributed by atoms with Gasteiger partial charge in [-0.2, -0.15) is 0 Å². The van der Waals surface area contributed by atoms with Gasteiger partial charge in [-0.05, 0) is 23.0 Å². The lowest BCUT2D eigenvalue weighted by Crippen LogP contribution is -2.47. The lowest BCUT2D eigenvalue weighted by atomic mass is 9.89. The molecule has 1 aromatic carbocycles. The molecule has 1 aromatic rings. The van der Waals surface area contributed by atoms with Gasteiger partial charge < -0.3 is 15.4 Å². The van der Waals surface area contributed by atoms with Crippen LogP contribution in [0.15, 0.2) is 29.3 Å². The summed E-state index contributed by atoms with van der Waals surface area (Å²) in [5.74, 6) is 0.837. The van der Waals surface area contributed by atoms with Crippen LogP contribution in [0.3, 0.4) is 0 Å². The Morgan fingerprint density at radius 2 is 1.96 bits per heavy atom. The molecule has 1 aliphatic heterocycles. The molecule has 2 N–H and O–H groups in total. The molecule has 1 atom stereocenters. The highest BCUT2D eigenvalue weighted by Crippen LogP contribution is 2.21. The molecule has 0 spiro atoms. The molecule has 0 saturated heterocycles. The normalized spacial score (nSPS) is 17.1. The molecule has 1 aliphatic rings. The van der Waals surface area contributed by atoms with Crippen LogP contribution in [0.1, 0.15) is 31.9 Å². The van der Waals surface area contributed by atoms with Gasteiger partial charge in [-0.1, -0.05) is 45.0 Å². The smallest absolute Gasteiger partial charge is 0.191 e. The number of fused-ring (bicyclic) bond motifs is 1. The molecule has 0 aromatic heterocycles. The zero-order valence-corrected chi connectivity index (χ0v) is 16.4. The predicted molar refractivity (Wildman–Crippen MR) is 105 cm³/mol. The fourth-order valence-corrected chi connectivity index (χ4v) is 3.23. The summed E-state index contributed by atoms with van der Waals surface area (Å²) in [5.41, 5.74) is 3.06. The molecule has 0 saturated carbocycles. The van der Waals surface area contributed by atoms with Crippen molar-refractivity contribution in [3.05, 3.63) is 35.4 Å². The highest BCUT2D eigenvalue weighted by Gasteiger charge is 2.24. The molecule has 5 nitrogen and oxygen atoms in total. The zero-order chi connectivity index (χ0) is 18.3. The third-order valence-corrected chi connectivity index (χ3v) is 4.86. The van der Waals surface area contributed by atoms with Crippen molar-refractivity contribution in [2.24, 2.45) is 10.4 Å². The van der Waals surface area contributed by atoms with Crippen LogP contribution in [-0.2, 0) is 17.7 Å². The van der Waals surface area contributed by atoms with Crippen LogP contribution in [-0.4, -0.2) is 57.3 Å². The molecule has 1 unspecified atom stereocenters. The van der Waals surface area contributed by atoms with Crippen molar-refractivity contribution in [1.29, 1.82) is 0 Å². The number of guanidine groups is 1. The molecule has 25 heavy (non-hydrogen) atoms. The topological polar surface area (TPSA) is 48.9 Å². The molecule has 1 heterocycles. The number of nitrogens with zero attached hydrogens (tertiary/aromatic N) is 2. The van der Waals surface area contributed by atoms with Crippen molar-refractivity contribution in [2.75, 3.05) is 40.3 Å². The number of hydrogen-bond acceptors (Lipinski definition) is 3. The standard InChI is InChI=1S/C20H34N4O/c1-20(2,3)18(25-5)14-23-19(21-4)22-11-13-24-12-10-16-8-6-7-9-17(16)15-24/h6-9,18H,10-15H2,1-5H3,(H2,21,22,23). The minimum Gasteiger partial charge on any atom is -0.379 e. The van der Waals surface area contributed by atoms with Crippen molar-refractivity contribution in [3.8, 4) is 0 Å². The first-order valence-electron chi connectivity index (χ1n) is 9.20. The highest BCUT2D eigenvalue weighted by atomic mass is 16.5. The number of methoxy groups -OCH3 is 1. The largest absolute Gasteiger partial charge is 0.379 e. The van der Waals surface area contributed by atoms with Crippen LogP contribution in [0.4, 0.5) is 0 Å². The van der Waals surface area contributed by atoms with Crippen molar-refractivity contribution < 1.29 is 4.74 Å². The van der Waals surface area contributed by atoms with E-state index in [0.29, 0.717) is 0 Å². The number of rotatable bonds is 6. The van der Waals surface area contributed by atoms with E-state index in [0.717, 1.165) is 45.1 Å². The molecular formula is C20H34N4O. The first kappa shape index (κ1) is 19.7. The Morgan fingerprint density at radius 1 is 1.24 bits per heavy atom. The van der Waals surface area contributed by atoms with E-state index in [1.807, 2.05) is 7.05 Å². The van der Waals surface area contributed by atoms with Gasteiger partial charge in [0.2, 0.25) is 0 Å². The van der Waals surface area contributed by atoms with Crippen LogP contribution in [0.5, 0.6) is 0 Å². The summed E-state index contributed by atoms with van der Waals surface area (Å²) in [7, 11) is 3.58. The van der Waals surface area contributed by atoms with Crippen molar-refractivity contribution in [1.82, 2.24) is 15.5 Å². The van der Waals surface area contributed by atoms with E-state index in [1.165, 1.54) is 11.1 Å². The lowest BCUT2D eigenvalue weighted by molar-refractivity contribution is 0.0205. The molecule has 140 valence electrons. The van der Waals surface area contributed by atoms with Gasteiger partial charge in [-0.25, -0.2) is 0 Å². The van der Waals surface area contributed by atoms with E-state index in [9.17, 15) is 0 Å². The summed E-state index contributed by atoms with van der Waals surface area (Å²) in [6, 6.07) is 8.76. The Kier molecular flexibility index (Phi) is 7.26. The van der Waals surface area contributed by atoms with E-state index in [4.69, 9.17) is 4.74 Å². The van der Waals surface area contributed by atoms with Crippen LogP contribution in [0, 0.1) is 5.41 Å². The molecule has 0 aliphatic carbocycles. The summed E-state index contributed by atoms with van der Waals surface area (Å²) < 4.78 is 5.59. The Labute approximate surface area is 152 Å².